The first-order chi connectivity index (χ1) is 18.1. The molecular weight excluding hydrogens is 464 g/mol. The molecule has 2 aliphatic rings. The number of nitrogens with one attached hydrogen (secondary N) is 2. The van der Waals surface area contributed by atoms with Gasteiger partial charge in [0, 0.05) is 17.5 Å². The van der Waals surface area contributed by atoms with Gasteiger partial charge in [-0.2, -0.15) is 10.2 Å². The summed E-state index contributed by atoms with van der Waals surface area (Å²) in [7, 11) is 0. The fourth-order valence-electron chi connectivity index (χ4n) is 5.37. The Labute approximate surface area is 215 Å². The van der Waals surface area contributed by atoms with E-state index in [2.05, 4.69) is 39.8 Å². The minimum Gasteiger partial charge on any atom is -0.490 e. The van der Waals surface area contributed by atoms with E-state index in [0.29, 0.717) is 41.1 Å². The Bertz CT molecular complexity index is 1510. The van der Waals surface area contributed by atoms with E-state index in [0.717, 1.165) is 29.7 Å². The van der Waals surface area contributed by atoms with Gasteiger partial charge in [-0.3, -0.25) is 0 Å². The number of nitrogens with zero attached hydrogens (tertiary/aromatic N) is 4. The number of hydrogen-bond acceptors (Lipinski definition) is 7. The summed E-state index contributed by atoms with van der Waals surface area (Å²) in [6, 6.07) is 15.9. The van der Waals surface area contributed by atoms with Crippen molar-refractivity contribution in [2.75, 3.05) is 0 Å². The van der Waals surface area contributed by atoms with Gasteiger partial charge in [0.2, 0.25) is 0 Å². The number of fused-ring (bicyclic) bond motifs is 2. The van der Waals surface area contributed by atoms with Crippen molar-refractivity contribution in [2.24, 2.45) is 5.92 Å². The van der Waals surface area contributed by atoms with Gasteiger partial charge in [-0.05, 0) is 68.5 Å². The molecule has 2 aromatic carbocycles. The van der Waals surface area contributed by atoms with Gasteiger partial charge in [0.15, 0.2) is 5.82 Å². The van der Waals surface area contributed by atoms with Crippen LogP contribution in [0, 0.1) is 17.2 Å². The molecule has 2 N–H and O–H groups in total. The number of benzene rings is 2. The summed E-state index contributed by atoms with van der Waals surface area (Å²) in [5.74, 6) is 2.94. The Hall–Kier alpha value is -4.22. The molecule has 8 heteroatoms. The molecular formula is C29H28N6O2. The summed E-state index contributed by atoms with van der Waals surface area (Å²) >= 11 is 0. The smallest absolute Gasteiger partial charge is 0.257 e. The van der Waals surface area contributed by atoms with E-state index in [9.17, 15) is 5.26 Å². The first-order valence-electron chi connectivity index (χ1n) is 12.7. The maximum absolute atomic E-state index is 9.57. The lowest BCUT2D eigenvalue weighted by atomic mass is 9.83. The molecule has 2 aliphatic carbocycles. The van der Waals surface area contributed by atoms with Gasteiger partial charge in [0.25, 0.3) is 5.89 Å². The summed E-state index contributed by atoms with van der Waals surface area (Å²) < 4.78 is 11.4. The van der Waals surface area contributed by atoms with E-state index < -0.39 is 0 Å². The lowest BCUT2D eigenvalue weighted by Crippen LogP contribution is -2.29. The zero-order valence-corrected chi connectivity index (χ0v) is 20.8. The summed E-state index contributed by atoms with van der Waals surface area (Å²) in [5.41, 5.74) is 4.57. The minimum absolute atomic E-state index is 0.0169. The zero-order chi connectivity index (χ0) is 25.4. The molecule has 37 heavy (non-hydrogen) atoms. The van der Waals surface area contributed by atoms with E-state index >= 15 is 0 Å². The van der Waals surface area contributed by atoms with Gasteiger partial charge >= 0.3 is 0 Å². The largest absolute Gasteiger partial charge is 0.490 e. The Morgan fingerprint density at radius 3 is 2.92 bits per heavy atom. The lowest BCUT2D eigenvalue weighted by molar-refractivity contribution is 0.241. The SMILES string of the molecule is CC(C)Oc1ccc(-c2nc(C3C=CC=C4C3CC[C@@H]4NCc3nc4ccccc4[nH]3)no2)cc1C#N. The lowest BCUT2D eigenvalue weighted by Gasteiger charge is -2.24. The van der Waals surface area contributed by atoms with Gasteiger partial charge in [-0.25, -0.2) is 4.98 Å². The number of hydrogen-bond donors (Lipinski definition) is 2. The average molecular weight is 493 g/mol. The Morgan fingerprint density at radius 2 is 2.08 bits per heavy atom. The molecule has 6 rings (SSSR count). The van der Waals surface area contributed by atoms with Crippen LogP contribution in [-0.4, -0.2) is 32.3 Å². The van der Waals surface area contributed by atoms with Crippen LogP contribution in [-0.2, 0) is 6.54 Å². The van der Waals surface area contributed by atoms with Gasteiger partial charge in [-0.15, -0.1) is 0 Å². The molecule has 186 valence electrons. The molecule has 0 amide bonds. The highest BCUT2D eigenvalue weighted by atomic mass is 16.5. The van der Waals surface area contributed by atoms with E-state index in [4.69, 9.17) is 19.2 Å². The van der Waals surface area contributed by atoms with Crippen LogP contribution >= 0.6 is 0 Å². The highest BCUT2D eigenvalue weighted by Crippen LogP contribution is 2.44. The van der Waals surface area contributed by atoms with Crippen molar-refractivity contribution in [3.63, 3.8) is 0 Å². The number of H-pyrrole nitrogens is 1. The normalized spacial score (nSPS) is 20.7. The highest BCUT2D eigenvalue weighted by Gasteiger charge is 2.38. The fourth-order valence-corrected chi connectivity index (χ4v) is 5.37. The first kappa shape index (κ1) is 23.2. The molecule has 2 heterocycles. The van der Waals surface area contributed by atoms with Crippen LogP contribution in [0.3, 0.4) is 0 Å². The average Bonchev–Trinajstić information content (AvgIpc) is 3.65. The van der Waals surface area contributed by atoms with Gasteiger partial charge in [0.05, 0.1) is 29.2 Å². The maximum atomic E-state index is 9.57. The van der Waals surface area contributed by atoms with E-state index in [1.807, 2.05) is 44.2 Å². The molecule has 2 unspecified atom stereocenters. The summed E-state index contributed by atoms with van der Waals surface area (Å²) in [4.78, 5) is 12.8. The second kappa shape index (κ2) is 9.68. The minimum atomic E-state index is -0.0169. The highest BCUT2D eigenvalue weighted by molar-refractivity contribution is 5.74. The van der Waals surface area contributed by atoms with Crippen LogP contribution in [0.2, 0.25) is 0 Å². The van der Waals surface area contributed by atoms with Gasteiger partial charge < -0.3 is 19.6 Å². The summed E-state index contributed by atoms with van der Waals surface area (Å²) in [6.07, 6.45) is 8.55. The van der Waals surface area contributed by atoms with Crippen LogP contribution in [0.25, 0.3) is 22.5 Å². The number of imidazole rings is 1. The summed E-state index contributed by atoms with van der Waals surface area (Å²) in [5, 5.41) is 17.6. The number of ether oxygens (including phenoxy) is 1. The van der Waals surface area contributed by atoms with E-state index in [1.54, 1.807) is 12.1 Å². The molecule has 2 aromatic heterocycles. The molecule has 1 saturated carbocycles. The molecule has 0 bridgehead atoms. The number of aromatic amines is 1. The number of nitriles is 1. The van der Waals surface area contributed by atoms with E-state index in [1.165, 1.54) is 5.57 Å². The first-order valence-corrected chi connectivity index (χ1v) is 12.7. The second-order valence-electron chi connectivity index (χ2n) is 9.84. The summed E-state index contributed by atoms with van der Waals surface area (Å²) in [6.45, 7) is 4.55. The number of rotatable bonds is 7. The number of para-hydroxylation sites is 2. The fraction of sp³-hybridized carbons (Fsp3) is 0.310. The van der Waals surface area contributed by atoms with Crippen molar-refractivity contribution in [3.8, 4) is 23.3 Å². The molecule has 0 saturated heterocycles. The van der Waals surface area contributed by atoms with Crippen LogP contribution in [0.1, 0.15) is 49.8 Å². The monoisotopic (exact) mass is 492 g/mol. The molecule has 0 spiro atoms. The van der Waals surface area contributed by atoms with E-state index in [-0.39, 0.29) is 18.1 Å². The third kappa shape index (κ3) is 4.54. The van der Waals surface area contributed by atoms with Crippen LogP contribution < -0.4 is 10.1 Å². The molecule has 4 aromatic rings. The topological polar surface area (TPSA) is 113 Å². The molecule has 0 radical (unpaired) electrons. The zero-order valence-electron chi connectivity index (χ0n) is 20.8. The third-order valence-electron chi connectivity index (χ3n) is 7.04. The molecule has 0 aliphatic heterocycles. The standard InChI is InChI=1S/C29H28N6O2/c1-17(2)36-26-13-10-18(14-19(26)15-30)29-34-28(35-37-29)22-7-5-6-21-20(22)11-12-23(21)31-16-27-32-24-8-3-4-9-25(24)33-27/h3-10,13-14,17,20,22-23,31H,11-12,16H2,1-2H3,(H,32,33)/t20?,22?,23-/m0/s1. The Balaban J connectivity index is 1.16. The van der Waals surface area contributed by atoms with Crippen LogP contribution in [0.4, 0.5) is 0 Å². The molecule has 3 atom stereocenters. The number of aromatic nitrogens is 4. The quantitative estimate of drug-likeness (QED) is 0.354. The van der Waals surface area contributed by atoms with Crippen molar-refractivity contribution >= 4 is 11.0 Å². The maximum Gasteiger partial charge on any atom is 0.257 e. The van der Waals surface area contributed by atoms with Crippen molar-refractivity contribution < 1.29 is 9.26 Å². The van der Waals surface area contributed by atoms with Gasteiger partial charge in [-0.1, -0.05) is 35.5 Å². The Morgan fingerprint density at radius 1 is 1.19 bits per heavy atom. The predicted octanol–water partition coefficient (Wildman–Crippen LogP) is 5.42. The van der Waals surface area contributed by atoms with Crippen molar-refractivity contribution in [1.82, 2.24) is 25.4 Å². The van der Waals surface area contributed by atoms with Crippen LogP contribution in [0.15, 0.2) is 70.8 Å². The van der Waals surface area contributed by atoms with Crippen molar-refractivity contribution in [1.29, 1.82) is 5.26 Å². The second-order valence-corrected chi connectivity index (χ2v) is 9.84. The predicted molar refractivity (Wildman–Crippen MR) is 140 cm³/mol. The van der Waals surface area contributed by atoms with Crippen molar-refractivity contribution in [3.05, 3.63) is 83.5 Å². The van der Waals surface area contributed by atoms with Gasteiger partial charge in [0.1, 0.15) is 17.6 Å². The Kier molecular flexibility index (Phi) is 6.07. The van der Waals surface area contributed by atoms with Crippen LogP contribution in [0.5, 0.6) is 5.75 Å². The van der Waals surface area contributed by atoms with Crippen molar-refractivity contribution in [2.45, 2.75) is 51.3 Å². The third-order valence-corrected chi connectivity index (χ3v) is 7.04. The molecule has 1 fully saturated rings. The number of allylic oxidation sites excluding steroid dienone is 3. The molecule has 8 nitrogen and oxygen atoms in total.